The fraction of sp³-hybridized carbons (Fsp3) is 0.312. The van der Waals surface area contributed by atoms with E-state index in [0.717, 1.165) is 0 Å². The number of hydrogen-bond donors (Lipinski definition) is 1. The number of nitrogens with one attached hydrogen (secondary N) is 1. The molecule has 3 aromatic heterocycles. The minimum absolute atomic E-state index is 0.0991. The number of thiazole rings is 1. The molecule has 0 bridgehead atoms. The van der Waals surface area contributed by atoms with Crippen LogP contribution in [-0.4, -0.2) is 45.3 Å². The predicted molar refractivity (Wildman–Crippen MR) is 99.3 cm³/mol. The highest BCUT2D eigenvalue weighted by atomic mass is 32.1. The van der Waals surface area contributed by atoms with Crippen LogP contribution in [0, 0.1) is 5.92 Å². The van der Waals surface area contributed by atoms with Gasteiger partial charge in [-0.3, -0.25) is 19.3 Å². The predicted octanol–water partition coefficient (Wildman–Crippen LogP) is 1.45. The number of anilines is 1. The molecule has 26 heavy (non-hydrogen) atoms. The van der Waals surface area contributed by atoms with E-state index < -0.39 is 5.92 Å². The van der Waals surface area contributed by atoms with Crippen molar-refractivity contribution in [3.63, 3.8) is 0 Å². The molecule has 8 nitrogen and oxygen atoms in total. The van der Waals surface area contributed by atoms with E-state index in [0.29, 0.717) is 27.7 Å². The Balaban J connectivity index is 1.47. The number of hydrogen-bond acceptors (Lipinski definition) is 7. The number of carbonyl (C=O) groups excluding carboxylic acids is 2. The molecule has 10 heteroatoms. The lowest BCUT2D eigenvalue weighted by Crippen LogP contribution is -2.35. The first kappa shape index (κ1) is 16.9. The van der Waals surface area contributed by atoms with Gasteiger partial charge in [-0.2, -0.15) is 0 Å². The summed E-state index contributed by atoms with van der Waals surface area (Å²) in [6.07, 6.45) is 1.80. The van der Waals surface area contributed by atoms with Gasteiger partial charge in [0.2, 0.25) is 11.8 Å². The van der Waals surface area contributed by atoms with Crippen LogP contribution >= 0.6 is 22.7 Å². The Morgan fingerprint density at radius 2 is 2.23 bits per heavy atom. The molecule has 1 N–H and O–H groups in total. The van der Waals surface area contributed by atoms with Crippen molar-refractivity contribution in [2.75, 3.05) is 18.5 Å². The molecular formula is C16H15N5O3S2. The molecule has 134 valence electrons. The van der Waals surface area contributed by atoms with Crippen LogP contribution in [0.3, 0.4) is 0 Å². The molecule has 1 saturated heterocycles. The zero-order valence-corrected chi connectivity index (χ0v) is 15.5. The van der Waals surface area contributed by atoms with Crippen molar-refractivity contribution >= 4 is 49.8 Å². The molecule has 3 aromatic rings. The Kier molecular flexibility index (Phi) is 4.29. The summed E-state index contributed by atoms with van der Waals surface area (Å²) in [4.78, 5) is 51.3. The standard InChI is InChI=1S/C16H15N5O3S2/c1-20(8-11-18-10-2-4-25-13(10)14(23)19-11)15(24)9-6-12(22)21(7-9)16-17-3-5-26-16/h2-5,9H,6-8H2,1H3,(H,18,19,23). The number of fused-ring (bicyclic) bond motifs is 1. The lowest BCUT2D eigenvalue weighted by atomic mass is 10.1. The highest BCUT2D eigenvalue weighted by Gasteiger charge is 2.37. The van der Waals surface area contributed by atoms with Crippen LogP contribution in [0.15, 0.2) is 27.8 Å². The zero-order chi connectivity index (χ0) is 18.3. The number of H-pyrrole nitrogens is 1. The fourth-order valence-electron chi connectivity index (χ4n) is 3.02. The Labute approximate surface area is 156 Å². The lowest BCUT2D eigenvalue weighted by molar-refractivity contribution is -0.135. The van der Waals surface area contributed by atoms with Crippen LogP contribution in [0.1, 0.15) is 12.2 Å². The SMILES string of the molecule is CN(Cc1nc2ccsc2c(=O)[nH]1)C(=O)C1CC(=O)N(c2nccs2)C1. The molecule has 4 heterocycles. The van der Waals surface area contributed by atoms with Crippen LogP contribution in [0.25, 0.3) is 10.2 Å². The highest BCUT2D eigenvalue weighted by Crippen LogP contribution is 2.27. The summed E-state index contributed by atoms with van der Waals surface area (Å²) in [7, 11) is 1.65. The number of rotatable bonds is 4. The first-order valence-electron chi connectivity index (χ1n) is 7.94. The molecule has 1 unspecified atom stereocenters. The van der Waals surface area contributed by atoms with Gasteiger partial charge in [0.15, 0.2) is 5.13 Å². The molecule has 0 saturated carbocycles. The van der Waals surface area contributed by atoms with Crippen molar-refractivity contribution in [3.8, 4) is 0 Å². The van der Waals surface area contributed by atoms with E-state index >= 15 is 0 Å². The topological polar surface area (TPSA) is 99.3 Å². The Morgan fingerprint density at radius 1 is 1.38 bits per heavy atom. The molecule has 0 aliphatic carbocycles. The number of nitrogens with zero attached hydrogens (tertiary/aromatic N) is 4. The van der Waals surface area contributed by atoms with Gasteiger partial charge < -0.3 is 9.88 Å². The normalized spacial score (nSPS) is 17.2. The van der Waals surface area contributed by atoms with Crippen LogP contribution < -0.4 is 10.5 Å². The fourth-order valence-corrected chi connectivity index (χ4v) is 4.41. The number of carbonyl (C=O) groups is 2. The van der Waals surface area contributed by atoms with E-state index in [4.69, 9.17) is 0 Å². The molecular weight excluding hydrogens is 374 g/mol. The monoisotopic (exact) mass is 389 g/mol. The van der Waals surface area contributed by atoms with Crippen molar-refractivity contribution in [1.82, 2.24) is 19.9 Å². The third kappa shape index (κ3) is 3.01. The van der Waals surface area contributed by atoms with Crippen LogP contribution in [0.5, 0.6) is 0 Å². The van der Waals surface area contributed by atoms with Gasteiger partial charge in [-0.25, -0.2) is 9.97 Å². The lowest BCUT2D eigenvalue weighted by Gasteiger charge is -2.20. The van der Waals surface area contributed by atoms with E-state index in [9.17, 15) is 14.4 Å². The van der Waals surface area contributed by atoms with Gasteiger partial charge in [0.25, 0.3) is 5.56 Å². The number of amides is 2. The quantitative estimate of drug-likeness (QED) is 0.728. The molecule has 2 amide bonds. The summed E-state index contributed by atoms with van der Waals surface area (Å²) in [6, 6.07) is 1.78. The molecule has 4 rings (SSSR count). The maximum atomic E-state index is 12.7. The molecule has 0 spiro atoms. The maximum Gasteiger partial charge on any atom is 0.268 e. The second kappa shape index (κ2) is 6.61. The van der Waals surface area contributed by atoms with Gasteiger partial charge in [-0.15, -0.1) is 22.7 Å². The molecule has 1 aliphatic rings. The molecule has 0 radical (unpaired) electrons. The zero-order valence-electron chi connectivity index (χ0n) is 13.8. The largest absolute Gasteiger partial charge is 0.338 e. The second-order valence-corrected chi connectivity index (χ2v) is 7.85. The number of aromatic nitrogens is 3. The first-order chi connectivity index (χ1) is 12.5. The minimum atomic E-state index is -0.423. The molecule has 1 fully saturated rings. The van der Waals surface area contributed by atoms with Crippen molar-refractivity contribution in [3.05, 3.63) is 39.2 Å². The Hall–Kier alpha value is -2.59. The molecule has 1 atom stereocenters. The van der Waals surface area contributed by atoms with Gasteiger partial charge in [0, 0.05) is 31.6 Å². The third-order valence-corrected chi connectivity index (χ3v) is 5.95. The highest BCUT2D eigenvalue weighted by molar-refractivity contribution is 7.17. The van der Waals surface area contributed by atoms with Gasteiger partial charge in [0.05, 0.1) is 18.0 Å². The summed E-state index contributed by atoms with van der Waals surface area (Å²) in [6.45, 7) is 0.505. The van der Waals surface area contributed by atoms with E-state index in [1.54, 1.807) is 29.6 Å². The molecule has 0 aromatic carbocycles. The van der Waals surface area contributed by atoms with E-state index in [-0.39, 0.29) is 30.3 Å². The van der Waals surface area contributed by atoms with Crippen LogP contribution in [0.2, 0.25) is 0 Å². The maximum absolute atomic E-state index is 12.7. The first-order valence-corrected chi connectivity index (χ1v) is 9.70. The minimum Gasteiger partial charge on any atom is -0.338 e. The van der Waals surface area contributed by atoms with E-state index in [2.05, 4.69) is 15.0 Å². The smallest absolute Gasteiger partial charge is 0.268 e. The van der Waals surface area contributed by atoms with Gasteiger partial charge >= 0.3 is 0 Å². The van der Waals surface area contributed by atoms with Crippen molar-refractivity contribution < 1.29 is 9.59 Å². The Morgan fingerprint density at radius 3 is 3.00 bits per heavy atom. The third-order valence-electron chi connectivity index (χ3n) is 4.25. The van der Waals surface area contributed by atoms with Gasteiger partial charge in [0.1, 0.15) is 10.5 Å². The second-order valence-electron chi connectivity index (χ2n) is 6.06. The number of thiophene rings is 1. The molecule has 1 aliphatic heterocycles. The van der Waals surface area contributed by atoms with Crippen LogP contribution in [0.4, 0.5) is 5.13 Å². The van der Waals surface area contributed by atoms with E-state index in [1.807, 2.05) is 5.38 Å². The van der Waals surface area contributed by atoms with Crippen molar-refractivity contribution in [1.29, 1.82) is 0 Å². The van der Waals surface area contributed by atoms with E-state index in [1.165, 1.54) is 27.6 Å². The van der Waals surface area contributed by atoms with Crippen molar-refractivity contribution in [2.24, 2.45) is 5.92 Å². The van der Waals surface area contributed by atoms with Crippen molar-refractivity contribution in [2.45, 2.75) is 13.0 Å². The summed E-state index contributed by atoms with van der Waals surface area (Å²) >= 11 is 2.71. The average molecular weight is 389 g/mol. The summed E-state index contributed by atoms with van der Waals surface area (Å²) in [5.41, 5.74) is 0.424. The summed E-state index contributed by atoms with van der Waals surface area (Å²) in [5, 5.41) is 4.22. The Bertz CT molecular complexity index is 1030. The van der Waals surface area contributed by atoms with Gasteiger partial charge in [-0.05, 0) is 11.4 Å². The average Bonchev–Trinajstić information content (AvgIpc) is 3.33. The summed E-state index contributed by atoms with van der Waals surface area (Å²) in [5.74, 6) is -0.241. The number of aromatic amines is 1. The summed E-state index contributed by atoms with van der Waals surface area (Å²) < 4.78 is 0.572. The van der Waals surface area contributed by atoms with Gasteiger partial charge in [-0.1, -0.05) is 0 Å². The van der Waals surface area contributed by atoms with Crippen LogP contribution in [-0.2, 0) is 16.1 Å².